The summed E-state index contributed by atoms with van der Waals surface area (Å²) in [6, 6.07) is 11.1. The van der Waals surface area contributed by atoms with Crippen LogP contribution in [-0.4, -0.2) is 34.7 Å². The molecule has 0 unspecified atom stereocenters. The molecule has 1 aliphatic heterocycles. The monoisotopic (exact) mass is 352 g/mol. The van der Waals surface area contributed by atoms with E-state index in [4.69, 9.17) is 22.1 Å². The first-order valence-corrected chi connectivity index (χ1v) is 9.07. The van der Waals surface area contributed by atoms with E-state index in [0.717, 1.165) is 0 Å². The number of halogens is 1. The van der Waals surface area contributed by atoms with Gasteiger partial charge in [-0.05, 0) is 42.5 Å². The molecule has 1 aliphatic rings. The van der Waals surface area contributed by atoms with Crippen molar-refractivity contribution in [2.45, 2.75) is 9.79 Å². The standard InChI is InChI=1S/C16H17ClN2O3S/c17-12-1-4-14(5-2-12)23(20,21)16-11-13(18)3-6-15(16)19-7-9-22-10-8-19/h1-6,11H,7-10,18H2. The number of hydrogen-bond acceptors (Lipinski definition) is 5. The minimum absolute atomic E-state index is 0.196. The van der Waals surface area contributed by atoms with Crippen molar-refractivity contribution in [3.8, 4) is 0 Å². The normalized spacial score (nSPS) is 15.6. The second kappa shape index (κ2) is 6.39. The Kier molecular flexibility index (Phi) is 4.48. The zero-order chi connectivity index (χ0) is 16.4. The van der Waals surface area contributed by atoms with E-state index >= 15 is 0 Å². The Balaban J connectivity index is 2.10. The van der Waals surface area contributed by atoms with Gasteiger partial charge in [0, 0.05) is 23.8 Å². The smallest absolute Gasteiger partial charge is 0.208 e. The van der Waals surface area contributed by atoms with Crippen LogP contribution in [0.1, 0.15) is 0 Å². The quantitative estimate of drug-likeness (QED) is 0.859. The molecule has 2 aromatic rings. The highest BCUT2D eigenvalue weighted by Crippen LogP contribution is 2.32. The molecule has 0 bridgehead atoms. The average molecular weight is 353 g/mol. The van der Waals surface area contributed by atoms with E-state index in [1.165, 1.54) is 18.2 Å². The van der Waals surface area contributed by atoms with E-state index in [2.05, 4.69) is 0 Å². The molecule has 0 aliphatic carbocycles. The number of ether oxygens (including phenoxy) is 1. The van der Waals surface area contributed by atoms with Crippen LogP contribution in [0.2, 0.25) is 5.02 Å². The van der Waals surface area contributed by atoms with Gasteiger partial charge in [-0.3, -0.25) is 0 Å². The first-order chi connectivity index (χ1) is 11.0. The second-order valence-corrected chi connectivity index (χ2v) is 7.64. The molecule has 1 saturated heterocycles. The number of hydrogen-bond donors (Lipinski definition) is 1. The fraction of sp³-hybridized carbons (Fsp3) is 0.250. The van der Waals surface area contributed by atoms with Crippen molar-refractivity contribution in [2.24, 2.45) is 0 Å². The van der Waals surface area contributed by atoms with Crippen LogP contribution in [0.5, 0.6) is 0 Å². The number of morpholine rings is 1. The number of rotatable bonds is 3. The number of benzene rings is 2. The molecule has 1 fully saturated rings. The summed E-state index contributed by atoms with van der Waals surface area (Å²) in [5.74, 6) is 0. The Hall–Kier alpha value is -1.76. The predicted molar refractivity (Wildman–Crippen MR) is 90.8 cm³/mol. The van der Waals surface area contributed by atoms with E-state index in [9.17, 15) is 8.42 Å². The Bertz CT molecular complexity index is 801. The third-order valence-corrected chi connectivity index (χ3v) is 5.80. The Morgan fingerprint density at radius 2 is 1.70 bits per heavy atom. The lowest BCUT2D eigenvalue weighted by Gasteiger charge is -2.30. The Morgan fingerprint density at radius 3 is 2.35 bits per heavy atom. The third-order valence-electron chi connectivity index (χ3n) is 3.75. The average Bonchev–Trinajstić information content (AvgIpc) is 2.56. The molecule has 3 rings (SSSR count). The SMILES string of the molecule is Nc1ccc(N2CCOCC2)c(S(=O)(=O)c2ccc(Cl)cc2)c1. The fourth-order valence-corrected chi connectivity index (χ4v) is 4.19. The minimum atomic E-state index is -3.68. The third kappa shape index (κ3) is 3.29. The highest BCUT2D eigenvalue weighted by molar-refractivity contribution is 7.91. The van der Waals surface area contributed by atoms with E-state index in [1.807, 2.05) is 4.90 Å². The van der Waals surface area contributed by atoms with Crippen LogP contribution in [0, 0.1) is 0 Å². The maximum Gasteiger partial charge on any atom is 0.208 e. The summed E-state index contributed by atoms with van der Waals surface area (Å²) in [5.41, 5.74) is 6.89. The van der Waals surface area contributed by atoms with Crippen LogP contribution in [0.3, 0.4) is 0 Å². The van der Waals surface area contributed by atoms with Crippen LogP contribution in [-0.2, 0) is 14.6 Å². The molecule has 0 spiro atoms. The van der Waals surface area contributed by atoms with Gasteiger partial charge in [0.2, 0.25) is 9.84 Å². The lowest BCUT2D eigenvalue weighted by atomic mass is 10.2. The molecule has 0 amide bonds. The molecule has 1 heterocycles. The number of nitrogen functional groups attached to an aromatic ring is 1. The molecule has 0 atom stereocenters. The van der Waals surface area contributed by atoms with Gasteiger partial charge < -0.3 is 15.4 Å². The molecule has 0 saturated carbocycles. The first-order valence-electron chi connectivity index (χ1n) is 7.21. The molecule has 0 aromatic heterocycles. The van der Waals surface area contributed by atoms with E-state index < -0.39 is 9.84 Å². The lowest BCUT2D eigenvalue weighted by Crippen LogP contribution is -2.37. The molecule has 7 heteroatoms. The van der Waals surface area contributed by atoms with Gasteiger partial charge >= 0.3 is 0 Å². The van der Waals surface area contributed by atoms with E-state index in [1.54, 1.807) is 24.3 Å². The van der Waals surface area contributed by atoms with Crippen molar-refractivity contribution in [2.75, 3.05) is 36.9 Å². The van der Waals surface area contributed by atoms with Crippen molar-refractivity contribution < 1.29 is 13.2 Å². The number of nitrogens with two attached hydrogens (primary N) is 1. The summed E-state index contributed by atoms with van der Waals surface area (Å²) >= 11 is 5.85. The molecule has 23 heavy (non-hydrogen) atoms. The van der Waals surface area contributed by atoms with Gasteiger partial charge in [-0.1, -0.05) is 11.6 Å². The zero-order valence-corrected chi connectivity index (χ0v) is 14.0. The van der Waals surface area contributed by atoms with Crippen molar-refractivity contribution in [3.05, 3.63) is 47.5 Å². The number of anilines is 2. The van der Waals surface area contributed by atoms with Crippen molar-refractivity contribution in [1.29, 1.82) is 0 Å². The largest absolute Gasteiger partial charge is 0.399 e. The molecular formula is C16H17ClN2O3S. The minimum Gasteiger partial charge on any atom is -0.399 e. The summed E-state index contributed by atoms with van der Waals surface area (Å²) in [6.45, 7) is 2.44. The fourth-order valence-electron chi connectivity index (χ4n) is 2.55. The van der Waals surface area contributed by atoms with E-state index in [0.29, 0.717) is 42.7 Å². The maximum atomic E-state index is 13.0. The summed E-state index contributed by atoms with van der Waals surface area (Å²) in [4.78, 5) is 2.41. The van der Waals surface area contributed by atoms with E-state index in [-0.39, 0.29) is 9.79 Å². The highest BCUT2D eigenvalue weighted by atomic mass is 35.5. The highest BCUT2D eigenvalue weighted by Gasteiger charge is 2.25. The molecule has 5 nitrogen and oxygen atoms in total. The molecule has 122 valence electrons. The first kappa shape index (κ1) is 16.1. The number of sulfone groups is 1. The van der Waals surface area contributed by atoms with Crippen LogP contribution in [0.25, 0.3) is 0 Å². The van der Waals surface area contributed by atoms with Gasteiger partial charge in [-0.15, -0.1) is 0 Å². The summed E-state index contributed by atoms with van der Waals surface area (Å²) in [7, 11) is -3.68. The number of nitrogens with zero attached hydrogens (tertiary/aromatic N) is 1. The van der Waals surface area contributed by atoms with Gasteiger partial charge in [-0.25, -0.2) is 8.42 Å². The Morgan fingerprint density at radius 1 is 1.04 bits per heavy atom. The summed E-state index contributed by atoms with van der Waals surface area (Å²) < 4.78 is 31.3. The second-order valence-electron chi connectivity index (χ2n) is 5.28. The molecular weight excluding hydrogens is 336 g/mol. The maximum absolute atomic E-state index is 13.0. The van der Waals surface area contributed by atoms with Gasteiger partial charge in [0.05, 0.1) is 28.7 Å². The van der Waals surface area contributed by atoms with Crippen molar-refractivity contribution >= 4 is 32.8 Å². The zero-order valence-electron chi connectivity index (χ0n) is 12.4. The van der Waals surface area contributed by atoms with Crippen LogP contribution < -0.4 is 10.6 Å². The molecule has 2 aromatic carbocycles. The van der Waals surface area contributed by atoms with Crippen molar-refractivity contribution in [3.63, 3.8) is 0 Å². The van der Waals surface area contributed by atoms with Crippen LogP contribution in [0.15, 0.2) is 52.3 Å². The predicted octanol–water partition coefficient (Wildman–Crippen LogP) is 2.59. The topological polar surface area (TPSA) is 72.6 Å². The van der Waals surface area contributed by atoms with Gasteiger partial charge in [-0.2, -0.15) is 0 Å². The van der Waals surface area contributed by atoms with Crippen LogP contribution >= 0.6 is 11.6 Å². The summed E-state index contributed by atoms with van der Waals surface area (Å²) in [5, 5.41) is 0.491. The summed E-state index contributed by atoms with van der Waals surface area (Å²) in [6.07, 6.45) is 0. The van der Waals surface area contributed by atoms with Gasteiger partial charge in [0.1, 0.15) is 0 Å². The van der Waals surface area contributed by atoms with Crippen LogP contribution in [0.4, 0.5) is 11.4 Å². The molecule has 2 N–H and O–H groups in total. The molecule has 0 radical (unpaired) electrons. The lowest BCUT2D eigenvalue weighted by molar-refractivity contribution is 0.122. The Labute approximate surface area is 140 Å². The van der Waals surface area contributed by atoms with Crippen molar-refractivity contribution in [1.82, 2.24) is 0 Å². The van der Waals surface area contributed by atoms with Gasteiger partial charge in [0.25, 0.3) is 0 Å². The van der Waals surface area contributed by atoms with Gasteiger partial charge in [0.15, 0.2) is 0 Å².